The normalized spacial score (nSPS) is 22.6. The molecule has 1 saturated carbocycles. The number of hydrogen-bond acceptors (Lipinski definition) is 4. The Morgan fingerprint density at radius 2 is 1.86 bits per heavy atom. The molecule has 1 aliphatic carbocycles. The molecule has 1 fully saturated rings. The molecule has 2 atom stereocenters. The third-order valence-electron chi connectivity index (χ3n) is 6.87. The van der Waals surface area contributed by atoms with Crippen molar-refractivity contribution in [1.82, 2.24) is 14.5 Å². The van der Waals surface area contributed by atoms with E-state index in [1.54, 1.807) is 0 Å². The molecule has 2 unspecified atom stereocenters. The van der Waals surface area contributed by atoms with Gasteiger partial charge in [-0.05, 0) is 57.6 Å². The van der Waals surface area contributed by atoms with Crippen molar-refractivity contribution in [3.05, 3.63) is 50.9 Å². The third kappa shape index (κ3) is 3.61. The minimum atomic E-state index is 0.123. The molecule has 0 spiro atoms. The Morgan fingerprint density at radius 3 is 2.55 bits per heavy atom. The number of rotatable bonds is 3. The second-order valence-corrected chi connectivity index (χ2v) is 8.98. The van der Waals surface area contributed by atoms with E-state index in [0.29, 0.717) is 18.6 Å². The van der Waals surface area contributed by atoms with Crippen LogP contribution in [0.1, 0.15) is 61.9 Å². The molecule has 2 aromatic rings. The largest absolute Gasteiger partial charge is 0.298 e. The molecule has 0 N–H and O–H groups in total. The van der Waals surface area contributed by atoms with Gasteiger partial charge in [0.15, 0.2) is 0 Å². The van der Waals surface area contributed by atoms with Gasteiger partial charge in [0.1, 0.15) is 0 Å². The summed E-state index contributed by atoms with van der Waals surface area (Å²) in [4.78, 5) is 23.1. The van der Waals surface area contributed by atoms with E-state index >= 15 is 0 Å². The van der Waals surface area contributed by atoms with Crippen molar-refractivity contribution in [2.24, 2.45) is 5.92 Å². The first-order valence-corrected chi connectivity index (χ1v) is 11.1. The van der Waals surface area contributed by atoms with E-state index in [-0.39, 0.29) is 5.56 Å². The summed E-state index contributed by atoms with van der Waals surface area (Å²) in [5.41, 5.74) is 5.45. The molecule has 0 amide bonds. The second kappa shape index (κ2) is 7.94. The van der Waals surface area contributed by atoms with Crippen LogP contribution in [0.3, 0.4) is 0 Å². The molecule has 29 heavy (non-hydrogen) atoms. The van der Waals surface area contributed by atoms with Crippen LogP contribution in [0.4, 0.5) is 11.6 Å². The molecular formula is C24H34N4O. The first-order chi connectivity index (χ1) is 13.9. The standard InChI is InChI=1S/C24H34N4O/c1-6-20-19(5)25-24-27(22-12-11-16(2)13-18(22)4)14-26(15-28(24)23(20)29)21-10-8-7-9-17(21)3/h11-13,17,21H,6-10,14-15H2,1-5H3. The van der Waals surface area contributed by atoms with Crippen molar-refractivity contribution >= 4 is 11.6 Å². The summed E-state index contributed by atoms with van der Waals surface area (Å²) >= 11 is 0. The zero-order valence-electron chi connectivity index (χ0n) is 18.5. The summed E-state index contributed by atoms with van der Waals surface area (Å²) in [7, 11) is 0. The smallest absolute Gasteiger partial charge is 0.259 e. The van der Waals surface area contributed by atoms with Gasteiger partial charge in [-0.15, -0.1) is 0 Å². The van der Waals surface area contributed by atoms with Gasteiger partial charge in [-0.2, -0.15) is 0 Å². The topological polar surface area (TPSA) is 41.4 Å². The highest BCUT2D eigenvalue weighted by Gasteiger charge is 2.34. The highest BCUT2D eigenvalue weighted by atomic mass is 16.1. The number of aromatic nitrogens is 2. The number of fused-ring (bicyclic) bond motifs is 1. The summed E-state index contributed by atoms with van der Waals surface area (Å²) in [6.45, 7) is 12.1. The maximum absolute atomic E-state index is 13.4. The maximum atomic E-state index is 13.4. The SMILES string of the molecule is CCc1c(C)nc2n(c1=O)CN(C1CCCCC1C)CN2c1ccc(C)cc1C. The van der Waals surface area contributed by atoms with Crippen LogP contribution in [0.15, 0.2) is 23.0 Å². The number of aryl methyl sites for hydroxylation is 3. The third-order valence-corrected chi connectivity index (χ3v) is 6.87. The van der Waals surface area contributed by atoms with Crippen molar-refractivity contribution in [1.29, 1.82) is 0 Å². The summed E-state index contributed by atoms with van der Waals surface area (Å²) in [6, 6.07) is 7.06. The van der Waals surface area contributed by atoms with E-state index in [9.17, 15) is 4.79 Å². The van der Waals surface area contributed by atoms with Crippen molar-refractivity contribution < 1.29 is 0 Å². The van der Waals surface area contributed by atoms with E-state index in [1.807, 2.05) is 18.4 Å². The maximum Gasteiger partial charge on any atom is 0.259 e. The van der Waals surface area contributed by atoms with Gasteiger partial charge < -0.3 is 0 Å². The van der Waals surface area contributed by atoms with E-state index in [0.717, 1.165) is 36.0 Å². The van der Waals surface area contributed by atoms with Crippen LogP contribution in [0.2, 0.25) is 0 Å². The van der Waals surface area contributed by atoms with Gasteiger partial charge in [0.2, 0.25) is 5.95 Å². The Balaban J connectivity index is 1.85. The molecule has 2 heterocycles. The van der Waals surface area contributed by atoms with Crippen LogP contribution in [0.25, 0.3) is 0 Å². The fourth-order valence-corrected chi connectivity index (χ4v) is 5.24. The van der Waals surface area contributed by atoms with Gasteiger partial charge in [-0.25, -0.2) is 4.98 Å². The molecule has 5 heteroatoms. The van der Waals surface area contributed by atoms with Crippen LogP contribution in [-0.4, -0.2) is 27.2 Å². The number of nitrogens with zero attached hydrogens (tertiary/aromatic N) is 4. The molecule has 0 saturated heterocycles. The van der Waals surface area contributed by atoms with E-state index in [1.165, 1.54) is 36.8 Å². The van der Waals surface area contributed by atoms with Crippen molar-refractivity contribution in [3.8, 4) is 0 Å². The minimum absolute atomic E-state index is 0.123. The summed E-state index contributed by atoms with van der Waals surface area (Å²) < 4.78 is 1.91. The lowest BCUT2D eigenvalue weighted by molar-refractivity contribution is 0.0723. The van der Waals surface area contributed by atoms with Crippen LogP contribution in [0, 0.1) is 26.7 Å². The quantitative estimate of drug-likeness (QED) is 0.758. The zero-order valence-corrected chi connectivity index (χ0v) is 18.5. The van der Waals surface area contributed by atoms with E-state index in [4.69, 9.17) is 4.98 Å². The fourth-order valence-electron chi connectivity index (χ4n) is 5.24. The summed E-state index contributed by atoms with van der Waals surface area (Å²) in [5.74, 6) is 1.45. The Morgan fingerprint density at radius 1 is 1.10 bits per heavy atom. The van der Waals surface area contributed by atoms with Crippen molar-refractivity contribution in [2.45, 2.75) is 79.4 Å². The molecule has 1 aromatic heterocycles. The number of hydrogen-bond donors (Lipinski definition) is 0. The van der Waals surface area contributed by atoms with Crippen LogP contribution in [-0.2, 0) is 13.1 Å². The lowest BCUT2D eigenvalue weighted by atomic mass is 9.85. The van der Waals surface area contributed by atoms with Gasteiger partial charge in [0.25, 0.3) is 5.56 Å². The van der Waals surface area contributed by atoms with Gasteiger partial charge in [0, 0.05) is 23.0 Å². The minimum Gasteiger partial charge on any atom is -0.298 e. The Bertz CT molecular complexity index is 964. The highest BCUT2D eigenvalue weighted by molar-refractivity contribution is 5.63. The molecule has 0 radical (unpaired) electrons. The summed E-state index contributed by atoms with van der Waals surface area (Å²) in [6.07, 6.45) is 5.82. The van der Waals surface area contributed by atoms with Gasteiger partial charge in [-0.1, -0.05) is 44.4 Å². The lowest BCUT2D eigenvalue weighted by Crippen LogP contribution is -2.53. The first-order valence-electron chi connectivity index (χ1n) is 11.1. The molecule has 5 nitrogen and oxygen atoms in total. The van der Waals surface area contributed by atoms with Gasteiger partial charge in [-0.3, -0.25) is 19.2 Å². The van der Waals surface area contributed by atoms with E-state index < -0.39 is 0 Å². The van der Waals surface area contributed by atoms with Crippen molar-refractivity contribution in [3.63, 3.8) is 0 Å². The number of benzene rings is 1. The van der Waals surface area contributed by atoms with E-state index in [2.05, 4.69) is 48.8 Å². The van der Waals surface area contributed by atoms with Gasteiger partial charge in [0.05, 0.1) is 13.3 Å². The Labute approximate surface area is 174 Å². The lowest BCUT2D eigenvalue weighted by Gasteiger charge is -2.45. The Kier molecular flexibility index (Phi) is 5.52. The molecule has 0 bridgehead atoms. The highest BCUT2D eigenvalue weighted by Crippen LogP contribution is 2.35. The monoisotopic (exact) mass is 394 g/mol. The average molecular weight is 395 g/mol. The van der Waals surface area contributed by atoms with Gasteiger partial charge >= 0.3 is 0 Å². The first kappa shape index (κ1) is 20.1. The van der Waals surface area contributed by atoms with Crippen LogP contribution in [0.5, 0.6) is 0 Å². The van der Waals surface area contributed by atoms with Crippen molar-refractivity contribution in [2.75, 3.05) is 11.6 Å². The molecule has 2 aliphatic rings. The van der Waals surface area contributed by atoms with Crippen LogP contribution < -0.4 is 10.5 Å². The van der Waals surface area contributed by atoms with Crippen LogP contribution >= 0.6 is 0 Å². The molecule has 156 valence electrons. The predicted octanol–water partition coefficient (Wildman–Crippen LogP) is 4.68. The second-order valence-electron chi connectivity index (χ2n) is 8.98. The molecule has 1 aromatic carbocycles. The molecule has 4 rings (SSSR count). The molecular weight excluding hydrogens is 360 g/mol. The number of anilines is 2. The summed E-state index contributed by atoms with van der Waals surface area (Å²) in [5, 5.41) is 0. The predicted molar refractivity (Wildman–Crippen MR) is 119 cm³/mol. The zero-order chi connectivity index (χ0) is 20.7. The fraction of sp³-hybridized carbons (Fsp3) is 0.583. The average Bonchev–Trinajstić information content (AvgIpc) is 2.68. The molecule has 1 aliphatic heterocycles. The Hall–Kier alpha value is -2.14.